The Balaban J connectivity index is 1.69. The van der Waals surface area contributed by atoms with Gasteiger partial charge in [0.2, 0.25) is 0 Å². The number of benzene rings is 1. The molecule has 1 aromatic carbocycles. The molecule has 116 valence electrons. The summed E-state index contributed by atoms with van der Waals surface area (Å²) in [6, 6.07) is 7.58. The Kier molecular flexibility index (Phi) is 6.91. The summed E-state index contributed by atoms with van der Waals surface area (Å²) in [5, 5.41) is 0. The molecule has 1 aliphatic carbocycles. The van der Waals surface area contributed by atoms with Gasteiger partial charge < -0.3 is 4.74 Å². The van der Waals surface area contributed by atoms with Gasteiger partial charge in [-0.05, 0) is 37.3 Å². The largest absolute Gasteiger partial charge is 0.378 e. The first kappa shape index (κ1) is 16.7. The van der Waals surface area contributed by atoms with Gasteiger partial charge >= 0.3 is 0 Å². The van der Waals surface area contributed by atoms with Crippen LogP contribution in [0.2, 0.25) is 0 Å². The van der Waals surface area contributed by atoms with Gasteiger partial charge in [0.1, 0.15) is 0 Å². The third kappa shape index (κ3) is 5.23. The first-order valence-electron chi connectivity index (χ1n) is 8.11. The van der Waals surface area contributed by atoms with Gasteiger partial charge in [0.05, 0.1) is 6.10 Å². The molecule has 0 spiro atoms. The fourth-order valence-electron chi connectivity index (χ4n) is 3.11. The average molecular weight is 353 g/mol. The third-order valence-electron chi connectivity index (χ3n) is 4.41. The first-order chi connectivity index (χ1) is 10.2. The third-order valence-corrected chi connectivity index (χ3v) is 4.94. The Bertz CT molecular complexity index is 441. The van der Waals surface area contributed by atoms with Crippen LogP contribution in [-0.2, 0) is 4.74 Å². The van der Waals surface area contributed by atoms with Gasteiger partial charge in [0, 0.05) is 23.1 Å². The van der Waals surface area contributed by atoms with E-state index in [1.165, 1.54) is 32.1 Å². The summed E-state index contributed by atoms with van der Waals surface area (Å²) in [7, 11) is 0. The van der Waals surface area contributed by atoms with Crippen LogP contribution in [0.4, 0.5) is 0 Å². The molecule has 1 aliphatic rings. The standard InChI is InChI=1S/C18H25BrO2/c1-2-14-6-3-4-8-18(14)21-13-5-7-17(20)15-9-11-16(19)12-10-15/h9-12,14,18H,2-8,13H2,1H3. The number of ether oxygens (including phenoxy) is 1. The smallest absolute Gasteiger partial charge is 0.162 e. The lowest BCUT2D eigenvalue weighted by Gasteiger charge is -2.30. The van der Waals surface area contributed by atoms with Crippen molar-refractivity contribution in [3.8, 4) is 0 Å². The van der Waals surface area contributed by atoms with Crippen LogP contribution in [-0.4, -0.2) is 18.5 Å². The molecule has 1 saturated carbocycles. The van der Waals surface area contributed by atoms with E-state index in [-0.39, 0.29) is 5.78 Å². The molecule has 21 heavy (non-hydrogen) atoms. The van der Waals surface area contributed by atoms with E-state index in [0.29, 0.717) is 19.1 Å². The minimum Gasteiger partial charge on any atom is -0.378 e. The van der Waals surface area contributed by atoms with Gasteiger partial charge in [0.15, 0.2) is 5.78 Å². The number of ketones is 1. The van der Waals surface area contributed by atoms with Crippen molar-refractivity contribution >= 4 is 21.7 Å². The van der Waals surface area contributed by atoms with E-state index in [1.54, 1.807) is 0 Å². The quantitative estimate of drug-likeness (QED) is 0.485. The SMILES string of the molecule is CCC1CCCCC1OCCCC(=O)c1ccc(Br)cc1. The van der Waals surface area contributed by atoms with E-state index in [9.17, 15) is 4.79 Å². The summed E-state index contributed by atoms with van der Waals surface area (Å²) in [6.45, 7) is 2.97. The average Bonchev–Trinajstić information content (AvgIpc) is 2.52. The van der Waals surface area contributed by atoms with Gasteiger partial charge in [-0.25, -0.2) is 0 Å². The summed E-state index contributed by atoms with van der Waals surface area (Å²) in [6.07, 6.45) is 8.17. The summed E-state index contributed by atoms with van der Waals surface area (Å²) in [5.41, 5.74) is 0.794. The summed E-state index contributed by atoms with van der Waals surface area (Å²) in [5.74, 6) is 0.933. The van der Waals surface area contributed by atoms with Crippen molar-refractivity contribution in [1.82, 2.24) is 0 Å². The van der Waals surface area contributed by atoms with Crippen molar-refractivity contribution in [3.63, 3.8) is 0 Å². The van der Waals surface area contributed by atoms with Crippen molar-refractivity contribution in [2.45, 2.75) is 58.0 Å². The maximum Gasteiger partial charge on any atom is 0.162 e. The van der Waals surface area contributed by atoms with Crippen LogP contribution in [0.5, 0.6) is 0 Å². The van der Waals surface area contributed by atoms with E-state index in [4.69, 9.17) is 4.74 Å². The van der Waals surface area contributed by atoms with Crippen LogP contribution < -0.4 is 0 Å². The Labute approximate surface area is 136 Å². The molecule has 1 fully saturated rings. The van der Waals surface area contributed by atoms with Gasteiger partial charge in [-0.15, -0.1) is 0 Å². The number of carbonyl (C=O) groups is 1. The lowest BCUT2D eigenvalue weighted by atomic mass is 9.85. The Morgan fingerprint density at radius 1 is 1.24 bits per heavy atom. The minimum atomic E-state index is 0.210. The monoisotopic (exact) mass is 352 g/mol. The lowest BCUT2D eigenvalue weighted by molar-refractivity contribution is -0.0130. The maximum atomic E-state index is 12.1. The van der Waals surface area contributed by atoms with Crippen LogP contribution >= 0.6 is 15.9 Å². The van der Waals surface area contributed by atoms with Crippen LogP contribution in [0.1, 0.15) is 62.2 Å². The van der Waals surface area contributed by atoms with Crippen LogP contribution in [0, 0.1) is 5.92 Å². The van der Waals surface area contributed by atoms with Crippen molar-refractivity contribution in [3.05, 3.63) is 34.3 Å². The lowest BCUT2D eigenvalue weighted by Crippen LogP contribution is -2.27. The number of rotatable bonds is 7. The predicted octanol–water partition coefficient (Wildman–Crippen LogP) is 5.40. The Hall–Kier alpha value is -0.670. The second-order valence-electron chi connectivity index (χ2n) is 5.90. The molecule has 2 atom stereocenters. The molecule has 0 bridgehead atoms. The molecule has 2 rings (SSSR count). The van der Waals surface area contributed by atoms with E-state index in [1.807, 2.05) is 24.3 Å². The molecule has 0 aromatic heterocycles. The van der Waals surface area contributed by atoms with E-state index >= 15 is 0 Å². The zero-order valence-corrected chi connectivity index (χ0v) is 14.4. The molecule has 3 heteroatoms. The van der Waals surface area contributed by atoms with E-state index in [2.05, 4.69) is 22.9 Å². The van der Waals surface area contributed by atoms with Crippen LogP contribution in [0.15, 0.2) is 28.7 Å². The highest BCUT2D eigenvalue weighted by molar-refractivity contribution is 9.10. The van der Waals surface area contributed by atoms with E-state index < -0.39 is 0 Å². The molecule has 2 unspecified atom stereocenters. The molecule has 0 heterocycles. The van der Waals surface area contributed by atoms with Crippen molar-refractivity contribution in [2.75, 3.05) is 6.61 Å². The van der Waals surface area contributed by atoms with Crippen LogP contribution in [0.25, 0.3) is 0 Å². The molecule has 1 aromatic rings. The summed E-state index contributed by atoms with van der Waals surface area (Å²) >= 11 is 3.38. The zero-order valence-electron chi connectivity index (χ0n) is 12.8. The molecule has 2 nitrogen and oxygen atoms in total. The highest BCUT2D eigenvalue weighted by atomic mass is 79.9. The van der Waals surface area contributed by atoms with Gasteiger partial charge in [-0.1, -0.05) is 54.2 Å². The van der Waals surface area contributed by atoms with E-state index in [0.717, 1.165) is 22.4 Å². The minimum absolute atomic E-state index is 0.210. The molecule has 0 N–H and O–H groups in total. The number of hydrogen-bond acceptors (Lipinski definition) is 2. The zero-order chi connectivity index (χ0) is 15.1. The molecule has 0 saturated heterocycles. The van der Waals surface area contributed by atoms with Gasteiger partial charge in [0.25, 0.3) is 0 Å². The Morgan fingerprint density at radius 2 is 1.95 bits per heavy atom. The second kappa shape index (κ2) is 8.70. The molecular weight excluding hydrogens is 328 g/mol. The maximum absolute atomic E-state index is 12.1. The fraction of sp³-hybridized carbons (Fsp3) is 0.611. The second-order valence-corrected chi connectivity index (χ2v) is 6.81. The topological polar surface area (TPSA) is 26.3 Å². The van der Waals surface area contributed by atoms with Crippen molar-refractivity contribution < 1.29 is 9.53 Å². The van der Waals surface area contributed by atoms with Crippen LogP contribution in [0.3, 0.4) is 0 Å². The number of halogens is 1. The van der Waals surface area contributed by atoms with Gasteiger partial charge in [-0.2, -0.15) is 0 Å². The van der Waals surface area contributed by atoms with Gasteiger partial charge in [-0.3, -0.25) is 4.79 Å². The summed E-state index contributed by atoms with van der Waals surface area (Å²) in [4.78, 5) is 12.1. The molecule has 0 aliphatic heterocycles. The molecule has 0 radical (unpaired) electrons. The molecule has 0 amide bonds. The highest BCUT2D eigenvalue weighted by Gasteiger charge is 2.23. The van der Waals surface area contributed by atoms with Crippen molar-refractivity contribution in [1.29, 1.82) is 0 Å². The van der Waals surface area contributed by atoms with Crippen molar-refractivity contribution in [2.24, 2.45) is 5.92 Å². The summed E-state index contributed by atoms with van der Waals surface area (Å²) < 4.78 is 7.04. The Morgan fingerprint density at radius 3 is 2.67 bits per heavy atom. The number of Topliss-reactive ketones (excluding diaryl/α,β-unsaturated/α-hetero) is 1. The first-order valence-corrected chi connectivity index (χ1v) is 8.90. The predicted molar refractivity (Wildman–Crippen MR) is 89.7 cm³/mol. The normalized spacial score (nSPS) is 22.2. The molecular formula is C18H25BrO2. The highest BCUT2D eigenvalue weighted by Crippen LogP contribution is 2.29. The number of carbonyl (C=O) groups excluding carboxylic acids is 1. The number of hydrogen-bond donors (Lipinski definition) is 0. The fourth-order valence-corrected chi connectivity index (χ4v) is 3.37.